The van der Waals surface area contributed by atoms with E-state index in [1.807, 2.05) is 0 Å². The summed E-state index contributed by atoms with van der Waals surface area (Å²) in [6.07, 6.45) is -4.50. The Labute approximate surface area is 90.2 Å². The molecule has 1 aromatic rings. The van der Waals surface area contributed by atoms with Crippen LogP contribution in [0.25, 0.3) is 0 Å². The van der Waals surface area contributed by atoms with Gasteiger partial charge in [0.15, 0.2) is 0 Å². The Morgan fingerprint density at radius 2 is 1.94 bits per heavy atom. The zero-order valence-electron chi connectivity index (χ0n) is 8.73. The minimum Gasteiger partial charge on any atom is -0.496 e. The van der Waals surface area contributed by atoms with E-state index in [0.29, 0.717) is 0 Å². The van der Waals surface area contributed by atoms with Gasteiger partial charge in [-0.25, -0.2) is 4.39 Å². The molecule has 6 heteroatoms. The van der Waals surface area contributed by atoms with Gasteiger partial charge in [0, 0.05) is 5.56 Å². The van der Waals surface area contributed by atoms with E-state index in [-0.39, 0.29) is 11.3 Å². The molecular weight excluding hydrogens is 226 g/mol. The molecule has 0 aliphatic heterocycles. The number of hydrogen-bond donors (Lipinski definition) is 1. The van der Waals surface area contributed by atoms with Crippen LogP contribution in [-0.2, 0) is 0 Å². The van der Waals surface area contributed by atoms with E-state index < -0.39 is 18.0 Å². The average molecular weight is 237 g/mol. The molecule has 2 nitrogen and oxygen atoms in total. The third-order valence-electron chi connectivity index (χ3n) is 2.12. The zero-order valence-corrected chi connectivity index (χ0v) is 8.73. The summed E-state index contributed by atoms with van der Waals surface area (Å²) < 4.78 is 55.5. The normalized spacial score (nSPS) is 13.6. The Kier molecular flexibility index (Phi) is 3.74. The molecule has 0 aliphatic carbocycles. The largest absolute Gasteiger partial charge is 0.496 e. The number of benzene rings is 1. The molecule has 0 aromatic heterocycles. The molecule has 0 saturated carbocycles. The summed E-state index contributed by atoms with van der Waals surface area (Å²) >= 11 is 0. The van der Waals surface area contributed by atoms with Gasteiger partial charge in [-0.2, -0.15) is 13.2 Å². The van der Waals surface area contributed by atoms with E-state index in [4.69, 9.17) is 4.74 Å². The number of methoxy groups -OCH3 is 1. The van der Waals surface area contributed by atoms with Crippen molar-refractivity contribution in [2.45, 2.75) is 12.2 Å². The lowest BCUT2D eigenvalue weighted by atomic mass is 10.1. The van der Waals surface area contributed by atoms with Gasteiger partial charge in [0.2, 0.25) is 0 Å². The summed E-state index contributed by atoms with van der Waals surface area (Å²) in [4.78, 5) is 0. The van der Waals surface area contributed by atoms with Gasteiger partial charge in [-0.15, -0.1) is 0 Å². The highest BCUT2D eigenvalue weighted by Gasteiger charge is 2.41. The molecule has 0 fully saturated rings. The lowest BCUT2D eigenvalue weighted by Crippen LogP contribution is -2.32. The van der Waals surface area contributed by atoms with Crippen LogP contribution in [0.1, 0.15) is 11.6 Å². The smallest absolute Gasteiger partial charge is 0.408 e. The third kappa shape index (κ3) is 2.63. The molecule has 0 amide bonds. The van der Waals surface area contributed by atoms with E-state index >= 15 is 0 Å². The second-order valence-corrected chi connectivity index (χ2v) is 3.15. The fraction of sp³-hybridized carbons (Fsp3) is 0.400. The quantitative estimate of drug-likeness (QED) is 0.816. The topological polar surface area (TPSA) is 21.3 Å². The number of rotatable bonds is 3. The summed E-state index contributed by atoms with van der Waals surface area (Å²) in [6.45, 7) is 0. The van der Waals surface area contributed by atoms with Gasteiger partial charge in [0.1, 0.15) is 17.6 Å². The molecule has 16 heavy (non-hydrogen) atoms. The third-order valence-corrected chi connectivity index (χ3v) is 2.12. The van der Waals surface area contributed by atoms with E-state index in [9.17, 15) is 17.6 Å². The first-order valence-electron chi connectivity index (χ1n) is 4.47. The second kappa shape index (κ2) is 4.69. The lowest BCUT2D eigenvalue weighted by molar-refractivity contribution is -0.156. The first-order valence-corrected chi connectivity index (χ1v) is 4.47. The summed E-state index contributed by atoms with van der Waals surface area (Å²) in [6, 6.07) is 1.08. The second-order valence-electron chi connectivity index (χ2n) is 3.15. The molecule has 1 rings (SSSR count). The molecular formula is C10H11F4NO. The average Bonchev–Trinajstić information content (AvgIpc) is 2.17. The molecule has 0 aliphatic rings. The number of nitrogens with one attached hydrogen (secondary N) is 1. The highest BCUT2D eigenvalue weighted by atomic mass is 19.4. The number of halogens is 4. The van der Waals surface area contributed by atoms with Crippen molar-refractivity contribution in [1.29, 1.82) is 0 Å². The molecule has 1 aromatic carbocycles. The summed E-state index contributed by atoms with van der Waals surface area (Å²) in [7, 11) is 2.39. The van der Waals surface area contributed by atoms with Gasteiger partial charge in [0.25, 0.3) is 0 Å². The Balaban J connectivity index is 3.23. The fourth-order valence-corrected chi connectivity index (χ4v) is 1.43. The van der Waals surface area contributed by atoms with Crippen molar-refractivity contribution in [2.24, 2.45) is 0 Å². The first-order chi connectivity index (χ1) is 7.40. The van der Waals surface area contributed by atoms with Crippen LogP contribution in [0.2, 0.25) is 0 Å². The predicted molar refractivity (Wildman–Crippen MR) is 50.8 cm³/mol. The molecule has 90 valence electrons. The minimum absolute atomic E-state index is 0.00178. The van der Waals surface area contributed by atoms with Gasteiger partial charge in [0.05, 0.1) is 7.11 Å². The van der Waals surface area contributed by atoms with Crippen LogP contribution in [0.3, 0.4) is 0 Å². The molecule has 0 heterocycles. The Hall–Kier alpha value is -1.30. The van der Waals surface area contributed by atoms with Crippen molar-refractivity contribution in [3.8, 4) is 5.75 Å². The Bertz CT molecular complexity index is 364. The molecule has 1 atom stereocenters. The van der Waals surface area contributed by atoms with Crippen molar-refractivity contribution < 1.29 is 22.3 Å². The molecule has 1 N–H and O–H groups in total. The summed E-state index contributed by atoms with van der Waals surface area (Å²) in [5.41, 5.74) is -0.266. The maximum atomic E-state index is 12.9. The number of alkyl halides is 3. The van der Waals surface area contributed by atoms with Gasteiger partial charge < -0.3 is 10.1 Å². The number of hydrogen-bond acceptors (Lipinski definition) is 2. The summed E-state index contributed by atoms with van der Waals surface area (Å²) in [5, 5.41) is 2.09. The van der Waals surface area contributed by atoms with Gasteiger partial charge in [-0.1, -0.05) is 0 Å². The lowest BCUT2D eigenvalue weighted by Gasteiger charge is -2.21. The van der Waals surface area contributed by atoms with Crippen molar-refractivity contribution in [3.63, 3.8) is 0 Å². The fourth-order valence-electron chi connectivity index (χ4n) is 1.43. The zero-order chi connectivity index (χ0) is 12.3. The molecule has 0 spiro atoms. The van der Waals surface area contributed by atoms with Crippen molar-refractivity contribution in [1.82, 2.24) is 5.32 Å². The monoisotopic (exact) mass is 237 g/mol. The van der Waals surface area contributed by atoms with Crippen LogP contribution < -0.4 is 10.1 Å². The highest BCUT2D eigenvalue weighted by molar-refractivity contribution is 5.37. The maximum Gasteiger partial charge on any atom is 0.408 e. The first kappa shape index (κ1) is 12.8. The Morgan fingerprint density at radius 3 is 2.38 bits per heavy atom. The van der Waals surface area contributed by atoms with Crippen LogP contribution in [0, 0.1) is 5.82 Å². The van der Waals surface area contributed by atoms with Crippen molar-refractivity contribution in [2.75, 3.05) is 14.2 Å². The van der Waals surface area contributed by atoms with Gasteiger partial charge in [-0.05, 0) is 25.2 Å². The Morgan fingerprint density at radius 1 is 1.31 bits per heavy atom. The van der Waals surface area contributed by atoms with Crippen LogP contribution in [0.4, 0.5) is 17.6 Å². The molecule has 1 unspecified atom stereocenters. The summed E-state index contributed by atoms with van der Waals surface area (Å²) in [5.74, 6) is -0.738. The van der Waals surface area contributed by atoms with E-state index in [2.05, 4.69) is 5.32 Å². The highest BCUT2D eigenvalue weighted by Crippen LogP contribution is 2.37. The van der Waals surface area contributed by atoms with E-state index in [1.165, 1.54) is 13.2 Å². The standard InChI is InChI=1S/C10H11F4NO/c1-15-9(10(12,13)14)7-5-6(11)3-4-8(7)16-2/h3-5,9,15H,1-2H3. The van der Waals surface area contributed by atoms with Gasteiger partial charge in [-0.3, -0.25) is 0 Å². The van der Waals surface area contributed by atoms with E-state index in [0.717, 1.165) is 19.2 Å². The maximum absolute atomic E-state index is 12.9. The van der Waals surface area contributed by atoms with Crippen molar-refractivity contribution >= 4 is 0 Å². The van der Waals surface area contributed by atoms with Crippen LogP contribution in [0.5, 0.6) is 5.75 Å². The number of ether oxygens (including phenoxy) is 1. The van der Waals surface area contributed by atoms with Crippen LogP contribution >= 0.6 is 0 Å². The molecule has 0 radical (unpaired) electrons. The van der Waals surface area contributed by atoms with Crippen LogP contribution in [0.15, 0.2) is 18.2 Å². The molecule has 0 saturated heterocycles. The van der Waals surface area contributed by atoms with Gasteiger partial charge >= 0.3 is 6.18 Å². The predicted octanol–water partition coefficient (Wildman–Crippen LogP) is 2.66. The SMILES string of the molecule is CNC(c1cc(F)ccc1OC)C(F)(F)F. The minimum atomic E-state index is -4.50. The van der Waals surface area contributed by atoms with Crippen molar-refractivity contribution in [3.05, 3.63) is 29.6 Å². The van der Waals surface area contributed by atoms with Crippen LogP contribution in [-0.4, -0.2) is 20.3 Å². The molecule has 0 bridgehead atoms. The van der Waals surface area contributed by atoms with E-state index in [1.54, 1.807) is 0 Å².